The Bertz CT molecular complexity index is 768. The molecular formula is C23H35N3O4. The van der Waals surface area contributed by atoms with Crippen LogP contribution in [0.15, 0.2) is 24.3 Å². The van der Waals surface area contributed by atoms with Crippen molar-refractivity contribution < 1.29 is 19.1 Å². The summed E-state index contributed by atoms with van der Waals surface area (Å²) in [6.07, 6.45) is 0.174. The molecule has 0 bridgehead atoms. The van der Waals surface area contributed by atoms with Crippen LogP contribution in [-0.2, 0) is 14.3 Å². The second-order valence-corrected chi connectivity index (χ2v) is 9.41. The predicted molar refractivity (Wildman–Crippen MR) is 116 cm³/mol. The van der Waals surface area contributed by atoms with Gasteiger partial charge in [0.15, 0.2) is 0 Å². The van der Waals surface area contributed by atoms with Crippen molar-refractivity contribution >= 4 is 17.9 Å². The summed E-state index contributed by atoms with van der Waals surface area (Å²) < 4.78 is 5.22. The van der Waals surface area contributed by atoms with Crippen LogP contribution in [0.5, 0.6) is 0 Å². The summed E-state index contributed by atoms with van der Waals surface area (Å²) in [7, 11) is 0. The lowest BCUT2D eigenvalue weighted by atomic mass is 10.0. The maximum absolute atomic E-state index is 13.2. The zero-order valence-electron chi connectivity index (χ0n) is 19.1. The first kappa shape index (κ1) is 23.7. The molecule has 0 radical (unpaired) electrons. The van der Waals surface area contributed by atoms with Gasteiger partial charge in [-0.2, -0.15) is 0 Å². The Hall–Kier alpha value is -2.57. The van der Waals surface area contributed by atoms with Crippen molar-refractivity contribution in [1.29, 1.82) is 0 Å². The van der Waals surface area contributed by atoms with Crippen molar-refractivity contribution in [2.45, 2.75) is 78.6 Å². The van der Waals surface area contributed by atoms with Gasteiger partial charge in [-0.3, -0.25) is 9.59 Å². The quantitative estimate of drug-likeness (QED) is 0.712. The minimum absolute atomic E-state index is 0.0397. The fourth-order valence-electron chi connectivity index (χ4n) is 3.31. The van der Waals surface area contributed by atoms with E-state index in [4.69, 9.17) is 4.74 Å². The van der Waals surface area contributed by atoms with Crippen LogP contribution in [0.1, 0.15) is 65.1 Å². The minimum Gasteiger partial charge on any atom is -0.444 e. The highest BCUT2D eigenvalue weighted by Crippen LogP contribution is 2.40. The number of rotatable bonds is 7. The average molecular weight is 418 g/mol. The van der Waals surface area contributed by atoms with E-state index in [-0.39, 0.29) is 30.4 Å². The molecule has 1 aromatic rings. The zero-order chi connectivity index (χ0) is 22.6. The first-order chi connectivity index (χ1) is 13.9. The van der Waals surface area contributed by atoms with Crippen LogP contribution in [0.3, 0.4) is 0 Å². The molecule has 1 saturated carbocycles. The van der Waals surface area contributed by atoms with Gasteiger partial charge in [0.2, 0.25) is 11.8 Å². The molecule has 1 aliphatic rings. The van der Waals surface area contributed by atoms with Crippen LogP contribution < -0.4 is 10.6 Å². The Morgan fingerprint density at radius 3 is 2.20 bits per heavy atom. The lowest BCUT2D eigenvalue weighted by molar-refractivity contribution is -0.141. The molecule has 1 aliphatic carbocycles. The van der Waals surface area contributed by atoms with Crippen molar-refractivity contribution in [3.05, 3.63) is 35.4 Å². The number of aryl methyl sites for hydroxylation is 1. The van der Waals surface area contributed by atoms with Crippen LogP contribution in [0.25, 0.3) is 0 Å². The van der Waals surface area contributed by atoms with E-state index in [1.165, 1.54) is 0 Å². The number of nitrogens with zero attached hydrogens (tertiary/aromatic N) is 1. The maximum Gasteiger partial charge on any atom is 0.408 e. The summed E-state index contributed by atoms with van der Waals surface area (Å²) in [4.78, 5) is 40.0. The van der Waals surface area contributed by atoms with Crippen LogP contribution in [0.2, 0.25) is 0 Å². The van der Waals surface area contributed by atoms with Gasteiger partial charge in [-0.1, -0.05) is 36.8 Å². The molecule has 7 nitrogen and oxygen atoms in total. The number of carbonyl (C=O) groups is 3. The van der Waals surface area contributed by atoms with Crippen LogP contribution in [-0.4, -0.2) is 47.0 Å². The van der Waals surface area contributed by atoms with E-state index in [0.717, 1.165) is 17.5 Å². The Kier molecular flexibility index (Phi) is 7.50. The van der Waals surface area contributed by atoms with Gasteiger partial charge >= 0.3 is 6.09 Å². The molecule has 1 aromatic carbocycles. The van der Waals surface area contributed by atoms with Gasteiger partial charge in [-0.15, -0.1) is 0 Å². The highest BCUT2D eigenvalue weighted by atomic mass is 16.6. The third kappa shape index (κ3) is 6.75. The number of hydrogen-bond donors (Lipinski definition) is 2. The maximum atomic E-state index is 13.2. The summed E-state index contributed by atoms with van der Waals surface area (Å²) in [5.74, 6) is -0.228. The summed E-state index contributed by atoms with van der Waals surface area (Å²) in [6.45, 7) is 12.9. The molecule has 30 heavy (non-hydrogen) atoms. The molecule has 3 unspecified atom stereocenters. The fraction of sp³-hybridized carbons (Fsp3) is 0.609. The Morgan fingerprint density at radius 2 is 1.73 bits per heavy atom. The van der Waals surface area contributed by atoms with Crippen LogP contribution in [0.4, 0.5) is 4.79 Å². The molecule has 0 saturated heterocycles. The highest BCUT2D eigenvalue weighted by Gasteiger charge is 2.46. The summed E-state index contributed by atoms with van der Waals surface area (Å²) >= 11 is 0. The van der Waals surface area contributed by atoms with E-state index in [1.807, 2.05) is 45.0 Å². The molecule has 0 aliphatic heterocycles. The van der Waals surface area contributed by atoms with E-state index >= 15 is 0 Å². The van der Waals surface area contributed by atoms with Crippen molar-refractivity contribution in [2.24, 2.45) is 5.92 Å². The molecule has 0 aromatic heterocycles. The van der Waals surface area contributed by atoms with E-state index in [9.17, 15) is 14.4 Å². The SMILES string of the molecule is Cc1ccc(C(C(=O)NC(C)C)N(C(=O)CNC(=O)OC(C)(C)C)C2CC2C)cc1. The number of amides is 3. The first-order valence-electron chi connectivity index (χ1n) is 10.5. The highest BCUT2D eigenvalue weighted by molar-refractivity contribution is 5.91. The molecule has 166 valence electrons. The number of ether oxygens (including phenoxy) is 1. The molecule has 3 atom stereocenters. The van der Waals surface area contributed by atoms with Crippen molar-refractivity contribution in [2.75, 3.05) is 6.54 Å². The summed E-state index contributed by atoms with van der Waals surface area (Å²) in [5, 5.41) is 5.47. The largest absolute Gasteiger partial charge is 0.444 e. The second-order valence-electron chi connectivity index (χ2n) is 9.41. The number of alkyl carbamates (subject to hydrolysis) is 1. The van der Waals surface area contributed by atoms with Gasteiger partial charge in [0, 0.05) is 12.1 Å². The van der Waals surface area contributed by atoms with E-state index in [2.05, 4.69) is 17.6 Å². The average Bonchev–Trinajstić information content (AvgIpc) is 3.32. The van der Waals surface area contributed by atoms with Gasteiger partial charge in [0.05, 0.1) is 0 Å². The predicted octanol–water partition coefficient (Wildman–Crippen LogP) is 3.32. The first-order valence-corrected chi connectivity index (χ1v) is 10.5. The zero-order valence-corrected chi connectivity index (χ0v) is 19.1. The third-order valence-corrected chi connectivity index (χ3v) is 4.85. The van der Waals surface area contributed by atoms with E-state index < -0.39 is 17.7 Å². The van der Waals surface area contributed by atoms with E-state index in [0.29, 0.717) is 5.92 Å². The van der Waals surface area contributed by atoms with Crippen molar-refractivity contribution in [1.82, 2.24) is 15.5 Å². The Labute approximate surface area is 179 Å². The molecule has 1 fully saturated rings. The molecule has 2 N–H and O–H groups in total. The van der Waals surface area contributed by atoms with Crippen LogP contribution >= 0.6 is 0 Å². The minimum atomic E-state index is -0.754. The normalized spacial score (nSPS) is 19.1. The van der Waals surface area contributed by atoms with Crippen molar-refractivity contribution in [3.8, 4) is 0 Å². The topological polar surface area (TPSA) is 87.7 Å². The third-order valence-electron chi connectivity index (χ3n) is 4.85. The van der Waals surface area contributed by atoms with E-state index in [1.54, 1.807) is 25.7 Å². The number of benzene rings is 1. The van der Waals surface area contributed by atoms with Crippen molar-refractivity contribution in [3.63, 3.8) is 0 Å². The lowest BCUT2D eigenvalue weighted by Gasteiger charge is -2.33. The smallest absolute Gasteiger partial charge is 0.408 e. The van der Waals surface area contributed by atoms with Gasteiger partial charge in [-0.25, -0.2) is 4.79 Å². The monoisotopic (exact) mass is 417 g/mol. The van der Waals surface area contributed by atoms with Gasteiger partial charge in [0.25, 0.3) is 0 Å². The molecular weight excluding hydrogens is 382 g/mol. The van der Waals surface area contributed by atoms with Crippen LogP contribution in [0, 0.1) is 12.8 Å². The standard InChI is InChI=1S/C23H35N3O4/c1-14(2)25-21(28)20(17-10-8-15(3)9-11-17)26(18-12-16(18)4)19(27)13-24-22(29)30-23(5,6)7/h8-11,14,16,18,20H,12-13H2,1-7H3,(H,24,29)(H,25,28). The van der Waals surface area contributed by atoms with Gasteiger partial charge < -0.3 is 20.3 Å². The molecule has 7 heteroatoms. The fourth-order valence-corrected chi connectivity index (χ4v) is 3.31. The Balaban J connectivity index is 2.27. The molecule has 3 amide bonds. The summed E-state index contributed by atoms with van der Waals surface area (Å²) in [5.41, 5.74) is 1.17. The lowest BCUT2D eigenvalue weighted by Crippen LogP contribution is -2.50. The molecule has 2 rings (SSSR count). The molecule has 0 heterocycles. The van der Waals surface area contributed by atoms with Gasteiger partial charge in [0.1, 0.15) is 18.2 Å². The number of carbonyl (C=O) groups excluding carboxylic acids is 3. The number of hydrogen-bond acceptors (Lipinski definition) is 4. The second kappa shape index (κ2) is 9.49. The Morgan fingerprint density at radius 1 is 1.17 bits per heavy atom. The molecule has 0 spiro atoms. The number of nitrogens with one attached hydrogen (secondary N) is 2. The van der Waals surface area contributed by atoms with Gasteiger partial charge in [-0.05, 0) is 59.4 Å². The summed E-state index contributed by atoms with van der Waals surface area (Å²) in [6, 6.07) is 6.78.